The Labute approximate surface area is 168 Å². The Morgan fingerprint density at radius 3 is 2.79 bits per heavy atom. The third-order valence-corrected chi connectivity index (χ3v) is 3.93. The molecule has 1 aliphatic rings. The van der Waals surface area contributed by atoms with Gasteiger partial charge in [-0.15, -0.1) is 5.01 Å². The average Bonchev–Trinajstić information content (AvgIpc) is 2.63. The monoisotopic (exact) mass is 439 g/mol. The maximum Gasteiger partial charge on any atom is 0.430 e. The van der Waals surface area contributed by atoms with Crippen LogP contribution in [0.15, 0.2) is 23.0 Å². The van der Waals surface area contributed by atoms with Crippen LogP contribution < -0.4 is 4.74 Å². The number of nitrogens with zero attached hydrogens (tertiary/aromatic N) is 3. The molecule has 0 amide bonds. The van der Waals surface area contributed by atoms with Gasteiger partial charge in [-0.3, -0.25) is 0 Å². The highest BCUT2D eigenvalue weighted by Crippen LogP contribution is 2.40. The average molecular weight is 440 g/mol. The highest BCUT2D eigenvalue weighted by Gasteiger charge is 2.49. The minimum Gasteiger partial charge on any atom is -0.569 e. The molecule has 1 atom stereocenters. The van der Waals surface area contributed by atoms with Crippen LogP contribution in [0.2, 0.25) is 5.02 Å². The lowest BCUT2D eigenvalue weighted by Gasteiger charge is -2.28. The first-order valence-electron chi connectivity index (χ1n) is 8.09. The van der Waals surface area contributed by atoms with Gasteiger partial charge in [-0.05, 0) is 30.7 Å². The number of aryl methyl sites for hydroxylation is 1. The molecule has 0 unspecified atom stereocenters. The molecule has 0 bridgehead atoms. The van der Waals surface area contributed by atoms with Gasteiger partial charge in [0.15, 0.2) is 0 Å². The van der Waals surface area contributed by atoms with Gasteiger partial charge in [0.2, 0.25) is 11.4 Å². The van der Waals surface area contributed by atoms with Crippen molar-refractivity contribution < 1.29 is 42.4 Å². The number of carbonyl (C=O) groups excluding carboxylic acids is 1. The summed E-state index contributed by atoms with van der Waals surface area (Å²) in [6, 6.07) is 2.78. The molecule has 0 spiro atoms. The van der Waals surface area contributed by atoms with Gasteiger partial charge in [0.1, 0.15) is 5.75 Å². The molecule has 0 radical (unpaired) electrons. The number of hydrazine groups is 1. The Kier molecular flexibility index (Phi) is 7.14. The number of hydrogen-bond acceptors (Lipinski definition) is 7. The zero-order valence-corrected chi connectivity index (χ0v) is 16.0. The second-order valence-electron chi connectivity index (χ2n) is 5.90. The molecule has 1 aromatic rings. The van der Waals surface area contributed by atoms with Gasteiger partial charge < -0.3 is 24.6 Å². The van der Waals surface area contributed by atoms with Gasteiger partial charge in [-0.2, -0.15) is 13.2 Å². The van der Waals surface area contributed by atoms with E-state index in [-0.39, 0.29) is 34.5 Å². The van der Waals surface area contributed by atoms with Gasteiger partial charge in [-0.1, -0.05) is 11.6 Å². The third-order valence-electron chi connectivity index (χ3n) is 3.72. The van der Waals surface area contributed by atoms with Crippen molar-refractivity contribution in [1.29, 1.82) is 0 Å². The van der Waals surface area contributed by atoms with Crippen LogP contribution in [-0.2, 0) is 14.4 Å². The van der Waals surface area contributed by atoms with E-state index in [1.54, 1.807) is 0 Å². The summed E-state index contributed by atoms with van der Waals surface area (Å²) < 4.78 is 49.8. The molecule has 0 aliphatic carbocycles. The zero-order chi connectivity index (χ0) is 21.8. The molecule has 1 N–H and O–H groups in total. The number of hydrogen-bond donors (Lipinski definition) is 1. The summed E-state index contributed by atoms with van der Waals surface area (Å²) in [5.41, 5.74) is -0.258. The first-order chi connectivity index (χ1) is 13.5. The molecule has 160 valence electrons. The van der Waals surface area contributed by atoms with Crippen LogP contribution in [0.1, 0.15) is 11.1 Å². The topological polar surface area (TPSA) is 107 Å². The number of likely N-dealkylation sites (N-methyl/N-ethyl adjacent to an activating group) is 1. The van der Waals surface area contributed by atoms with Gasteiger partial charge in [0.05, 0.1) is 30.7 Å². The molecule has 0 fully saturated rings. The summed E-state index contributed by atoms with van der Waals surface area (Å²) in [7, 11) is 1.30. The predicted molar refractivity (Wildman–Crippen MR) is 92.5 cm³/mol. The predicted octanol–water partition coefficient (Wildman–Crippen LogP) is 2.59. The van der Waals surface area contributed by atoms with Crippen molar-refractivity contribution >= 4 is 23.6 Å². The van der Waals surface area contributed by atoms with Gasteiger partial charge in [-0.25, -0.2) is 4.79 Å². The molecular formula is C16H17ClF3N3O6. The van der Waals surface area contributed by atoms with E-state index >= 15 is 0 Å². The van der Waals surface area contributed by atoms with Crippen LogP contribution in [-0.4, -0.2) is 60.3 Å². The van der Waals surface area contributed by atoms with Crippen molar-refractivity contribution in [3.63, 3.8) is 0 Å². The lowest BCUT2D eigenvalue weighted by Crippen LogP contribution is -2.41. The van der Waals surface area contributed by atoms with E-state index in [2.05, 4.69) is 14.9 Å². The molecule has 2 rings (SSSR count). The molecule has 29 heavy (non-hydrogen) atoms. The number of fused-ring (bicyclic) bond motifs is 1. The van der Waals surface area contributed by atoms with Crippen LogP contribution >= 0.6 is 11.6 Å². The molecule has 1 heterocycles. The van der Waals surface area contributed by atoms with Crippen LogP contribution in [0.4, 0.5) is 13.2 Å². The smallest absolute Gasteiger partial charge is 0.430 e. The Morgan fingerprint density at radius 2 is 2.17 bits per heavy atom. The lowest BCUT2D eigenvalue weighted by atomic mass is 9.99. The number of aliphatic hydroxyl groups is 1. The summed E-state index contributed by atoms with van der Waals surface area (Å²) in [5.74, 6) is -1.42. The normalized spacial score (nSPS) is 16.4. The summed E-state index contributed by atoms with van der Waals surface area (Å²) in [4.78, 5) is 16.6. The van der Waals surface area contributed by atoms with Gasteiger partial charge in [0.25, 0.3) is 6.79 Å². The Morgan fingerprint density at radius 1 is 1.48 bits per heavy atom. The second kappa shape index (κ2) is 9.18. The number of carbonyl (C=O) groups is 1. The number of alkyl halides is 3. The second-order valence-corrected chi connectivity index (χ2v) is 6.33. The molecule has 1 aliphatic heterocycles. The largest absolute Gasteiger partial charge is 0.569 e. The van der Waals surface area contributed by atoms with E-state index in [0.29, 0.717) is 5.56 Å². The maximum atomic E-state index is 13.4. The van der Waals surface area contributed by atoms with Crippen molar-refractivity contribution in [2.45, 2.75) is 19.2 Å². The molecule has 0 aromatic heterocycles. The van der Waals surface area contributed by atoms with Gasteiger partial charge in [0, 0.05) is 10.6 Å². The van der Waals surface area contributed by atoms with E-state index in [0.717, 1.165) is 11.1 Å². The molecule has 9 nitrogen and oxygen atoms in total. The van der Waals surface area contributed by atoms with Crippen molar-refractivity contribution in [2.24, 2.45) is 5.28 Å². The van der Waals surface area contributed by atoms with Crippen molar-refractivity contribution in [2.75, 3.05) is 27.0 Å². The highest BCUT2D eigenvalue weighted by molar-refractivity contribution is 6.30. The third kappa shape index (κ3) is 5.64. The number of benzene rings is 1. The standard InChI is InChI=1S/C16H17ClF3N3O6/c1-9-5-11(17)6-10-7-12(14(16(18,19)20)29-13(9)10)15(25)27-8-28-21-23(26)22(2)3-4-24/h5-7,14,24H,3-4,8H2,1-2H3/b23-21-/t14-/m0/s1. The number of halogens is 4. The van der Waals surface area contributed by atoms with Crippen molar-refractivity contribution in [1.82, 2.24) is 5.01 Å². The van der Waals surface area contributed by atoms with E-state index < -0.39 is 30.6 Å². The van der Waals surface area contributed by atoms with Crippen molar-refractivity contribution in [3.05, 3.63) is 39.1 Å². The summed E-state index contributed by atoms with van der Waals surface area (Å²) in [6.45, 7) is 0.230. The van der Waals surface area contributed by atoms with Crippen LogP contribution in [0.3, 0.4) is 0 Å². The number of ether oxygens (including phenoxy) is 2. The minimum atomic E-state index is -4.89. The SMILES string of the molecule is Cc1cc(Cl)cc2c1O[C@H](C(F)(F)F)C(C(=O)OCO/N=[N+](\[O-])N(C)CCO)=C2. The van der Waals surface area contributed by atoms with E-state index in [9.17, 15) is 23.2 Å². The molecule has 0 saturated carbocycles. The van der Waals surface area contributed by atoms with Gasteiger partial charge >= 0.3 is 12.1 Å². The Balaban J connectivity index is 2.15. The Bertz CT molecular complexity index is 831. The summed E-state index contributed by atoms with van der Waals surface area (Å²) in [6.07, 6.45) is -6.46. The van der Waals surface area contributed by atoms with Crippen LogP contribution in [0, 0.1) is 12.1 Å². The lowest BCUT2D eigenvalue weighted by molar-refractivity contribution is -0.706. The molecule has 13 heteroatoms. The fraction of sp³-hybridized carbons (Fsp3) is 0.438. The zero-order valence-electron chi connectivity index (χ0n) is 15.3. The summed E-state index contributed by atoms with van der Waals surface area (Å²) in [5, 5.41) is 24.3. The van der Waals surface area contributed by atoms with Crippen LogP contribution in [0.25, 0.3) is 6.08 Å². The van der Waals surface area contributed by atoms with E-state index in [4.69, 9.17) is 21.4 Å². The first kappa shape index (κ1) is 22.6. The fourth-order valence-corrected chi connectivity index (χ4v) is 2.67. The Hall–Kier alpha value is -2.73. The van der Waals surface area contributed by atoms with E-state index in [1.807, 2.05) is 0 Å². The summed E-state index contributed by atoms with van der Waals surface area (Å²) >= 11 is 5.91. The highest BCUT2D eigenvalue weighted by atomic mass is 35.5. The molecule has 1 aromatic carbocycles. The minimum absolute atomic E-state index is 0.0351. The number of aliphatic hydroxyl groups excluding tert-OH is 1. The first-order valence-corrected chi connectivity index (χ1v) is 8.46. The van der Waals surface area contributed by atoms with Crippen molar-refractivity contribution in [3.8, 4) is 5.75 Å². The number of esters is 1. The number of rotatable bonds is 7. The molecule has 0 saturated heterocycles. The quantitative estimate of drug-likeness (QED) is 0.174. The van der Waals surface area contributed by atoms with E-state index in [1.165, 1.54) is 26.1 Å². The maximum absolute atomic E-state index is 13.4. The molecular weight excluding hydrogens is 423 g/mol. The van der Waals surface area contributed by atoms with Crippen LogP contribution in [0.5, 0.6) is 5.75 Å². The fourth-order valence-electron chi connectivity index (χ4n) is 2.39.